The van der Waals surface area contributed by atoms with Gasteiger partial charge in [-0.3, -0.25) is 4.79 Å². The second kappa shape index (κ2) is 8.05. The Hall–Kier alpha value is -0.530. The van der Waals surface area contributed by atoms with Crippen LogP contribution < -0.4 is 0 Å². The predicted octanol–water partition coefficient (Wildman–Crippen LogP) is 5.45. The summed E-state index contributed by atoms with van der Waals surface area (Å²) in [6.07, 6.45) is 3.75. The molecule has 0 aromatic heterocycles. The maximum atomic E-state index is 11.8. The molecule has 20 heavy (non-hydrogen) atoms. The Morgan fingerprint density at radius 1 is 0.900 bits per heavy atom. The van der Waals surface area contributed by atoms with Gasteiger partial charge in [0, 0.05) is 6.42 Å². The minimum atomic E-state index is -0.0373. The van der Waals surface area contributed by atoms with Gasteiger partial charge in [0.05, 0.1) is 6.61 Å². The van der Waals surface area contributed by atoms with Crippen LogP contribution in [-0.4, -0.2) is 12.6 Å². The molecule has 0 heterocycles. The highest BCUT2D eigenvalue weighted by Gasteiger charge is 2.19. The zero-order valence-electron chi connectivity index (χ0n) is 15.0. The minimum Gasteiger partial charge on any atom is -0.466 e. The molecule has 0 aromatic carbocycles. The average molecular weight is 284 g/mol. The van der Waals surface area contributed by atoms with Crippen LogP contribution in [0.3, 0.4) is 0 Å². The van der Waals surface area contributed by atoms with Crippen molar-refractivity contribution in [2.24, 2.45) is 22.7 Å². The highest BCUT2D eigenvalue weighted by Crippen LogP contribution is 2.27. The molecule has 0 aliphatic rings. The van der Waals surface area contributed by atoms with Gasteiger partial charge in [-0.15, -0.1) is 0 Å². The first-order valence-corrected chi connectivity index (χ1v) is 8.05. The van der Waals surface area contributed by atoms with E-state index in [9.17, 15) is 4.79 Å². The van der Waals surface area contributed by atoms with E-state index in [1.54, 1.807) is 0 Å². The maximum absolute atomic E-state index is 11.8. The standard InChI is InChI=1S/C18H36O2/c1-14(12-17(3,4)5)9-10-20-16(19)11-15(2)13-18(6,7)8/h14-15H,9-13H2,1-8H3/t14-,15+/m0/s1. The Bertz CT molecular complexity index is 281. The van der Waals surface area contributed by atoms with E-state index in [0.29, 0.717) is 30.3 Å². The molecule has 2 heteroatoms. The minimum absolute atomic E-state index is 0.0373. The van der Waals surface area contributed by atoms with E-state index in [1.165, 1.54) is 6.42 Å². The topological polar surface area (TPSA) is 26.3 Å². The molecular formula is C18H36O2. The molecule has 0 N–H and O–H groups in total. The van der Waals surface area contributed by atoms with Gasteiger partial charge < -0.3 is 4.74 Å². The van der Waals surface area contributed by atoms with Crippen molar-refractivity contribution in [2.45, 2.75) is 81.1 Å². The van der Waals surface area contributed by atoms with Crippen molar-refractivity contribution in [3.8, 4) is 0 Å². The summed E-state index contributed by atoms with van der Waals surface area (Å²) in [7, 11) is 0. The summed E-state index contributed by atoms with van der Waals surface area (Å²) in [6, 6.07) is 0. The summed E-state index contributed by atoms with van der Waals surface area (Å²) in [5, 5.41) is 0. The maximum Gasteiger partial charge on any atom is 0.306 e. The molecule has 0 unspecified atom stereocenters. The van der Waals surface area contributed by atoms with Crippen LogP contribution in [0.2, 0.25) is 0 Å². The van der Waals surface area contributed by atoms with E-state index < -0.39 is 0 Å². The summed E-state index contributed by atoms with van der Waals surface area (Å²) in [5.74, 6) is 0.967. The van der Waals surface area contributed by atoms with Crippen molar-refractivity contribution in [2.75, 3.05) is 6.61 Å². The van der Waals surface area contributed by atoms with Crippen LogP contribution >= 0.6 is 0 Å². The molecule has 0 amide bonds. The zero-order chi connectivity index (χ0) is 16.0. The number of carbonyl (C=O) groups excluding carboxylic acids is 1. The van der Waals surface area contributed by atoms with Gasteiger partial charge >= 0.3 is 5.97 Å². The van der Waals surface area contributed by atoms with Crippen LogP contribution in [0.1, 0.15) is 81.1 Å². The predicted molar refractivity (Wildman–Crippen MR) is 86.7 cm³/mol. The lowest BCUT2D eigenvalue weighted by Crippen LogP contribution is -2.17. The molecule has 0 fully saturated rings. The van der Waals surface area contributed by atoms with Crippen LogP contribution in [0.4, 0.5) is 0 Å². The fraction of sp³-hybridized carbons (Fsp3) is 0.944. The summed E-state index contributed by atoms with van der Waals surface area (Å²) in [6.45, 7) is 18.3. The van der Waals surface area contributed by atoms with Gasteiger partial charge in [0.1, 0.15) is 0 Å². The summed E-state index contributed by atoms with van der Waals surface area (Å²) in [5.41, 5.74) is 0.631. The monoisotopic (exact) mass is 284 g/mol. The molecule has 120 valence electrons. The molecule has 0 spiro atoms. The van der Waals surface area contributed by atoms with Crippen molar-refractivity contribution >= 4 is 5.97 Å². The average Bonchev–Trinajstić information content (AvgIpc) is 2.10. The van der Waals surface area contributed by atoms with Crippen molar-refractivity contribution in [3.05, 3.63) is 0 Å². The van der Waals surface area contributed by atoms with Crippen LogP contribution in [0.25, 0.3) is 0 Å². The van der Waals surface area contributed by atoms with Crippen LogP contribution in [-0.2, 0) is 9.53 Å². The summed E-state index contributed by atoms with van der Waals surface area (Å²) in [4.78, 5) is 11.8. The van der Waals surface area contributed by atoms with Gasteiger partial charge in [-0.2, -0.15) is 0 Å². The third kappa shape index (κ3) is 12.5. The van der Waals surface area contributed by atoms with Gasteiger partial charge in [0.2, 0.25) is 0 Å². The number of ether oxygens (including phenoxy) is 1. The van der Waals surface area contributed by atoms with Gasteiger partial charge in [-0.1, -0.05) is 55.4 Å². The number of rotatable bonds is 7. The van der Waals surface area contributed by atoms with Gasteiger partial charge in [0.15, 0.2) is 0 Å². The number of carbonyl (C=O) groups is 1. The Labute approximate surface area is 126 Å². The van der Waals surface area contributed by atoms with Gasteiger partial charge in [0.25, 0.3) is 0 Å². The fourth-order valence-electron chi connectivity index (χ4n) is 2.98. The molecule has 0 saturated heterocycles. The molecule has 0 saturated carbocycles. The number of hydrogen-bond donors (Lipinski definition) is 0. The van der Waals surface area contributed by atoms with E-state index >= 15 is 0 Å². The molecule has 0 radical (unpaired) electrons. The molecular weight excluding hydrogens is 248 g/mol. The lowest BCUT2D eigenvalue weighted by atomic mass is 9.84. The molecule has 2 atom stereocenters. The highest BCUT2D eigenvalue weighted by molar-refractivity contribution is 5.69. The third-order valence-corrected chi connectivity index (χ3v) is 3.31. The van der Waals surface area contributed by atoms with E-state index in [0.717, 1.165) is 12.8 Å². The zero-order valence-corrected chi connectivity index (χ0v) is 15.0. The second-order valence-corrected chi connectivity index (χ2v) is 8.95. The molecule has 0 bridgehead atoms. The van der Waals surface area contributed by atoms with Crippen LogP contribution in [0, 0.1) is 22.7 Å². The molecule has 0 aliphatic carbocycles. The summed E-state index contributed by atoms with van der Waals surface area (Å²) < 4.78 is 5.37. The highest BCUT2D eigenvalue weighted by atomic mass is 16.5. The molecule has 2 nitrogen and oxygen atoms in total. The van der Waals surface area contributed by atoms with Crippen molar-refractivity contribution in [3.63, 3.8) is 0 Å². The third-order valence-electron chi connectivity index (χ3n) is 3.31. The van der Waals surface area contributed by atoms with Crippen LogP contribution in [0.5, 0.6) is 0 Å². The van der Waals surface area contributed by atoms with E-state index in [4.69, 9.17) is 4.74 Å². The molecule has 0 rings (SSSR count). The first-order chi connectivity index (χ1) is 8.89. The smallest absolute Gasteiger partial charge is 0.306 e. The Balaban J connectivity index is 3.84. The lowest BCUT2D eigenvalue weighted by Gasteiger charge is -2.24. The first-order valence-electron chi connectivity index (χ1n) is 8.05. The Morgan fingerprint density at radius 3 is 1.80 bits per heavy atom. The van der Waals surface area contributed by atoms with Crippen molar-refractivity contribution < 1.29 is 9.53 Å². The Kier molecular flexibility index (Phi) is 7.83. The normalized spacial score (nSPS) is 15.8. The van der Waals surface area contributed by atoms with E-state index in [2.05, 4.69) is 55.4 Å². The SMILES string of the molecule is C[C@H](CC(=O)OCC[C@H](C)CC(C)(C)C)CC(C)(C)C. The number of hydrogen-bond acceptors (Lipinski definition) is 2. The van der Waals surface area contributed by atoms with Crippen molar-refractivity contribution in [1.82, 2.24) is 0 Å². The lowest BCUT2D eigenvalue weighted by molar-refractivity contribution is -0.145. The second-order valence-electron chi connectivity index (χ2n) is 8.95. The summed E-state index contributed by atoms with van der Waals surface area (Å²) >= 11 is 0. The Morgan fingerprint density at radius 2 is 1.35 bits per heavy atom. The van der Waals surface area contributed by atoms with Crippen LogP contribution in [0.15, 0.2) is 0 Å². The fourth-order valence-corrected chi connectivity index (χ4v) is 2.98. The van der Waals surface area contributed by atoms with E-state index in [1.807, 2.05) is 0 Å². The quantitative estimate of drug-likeness (QED) is 0.581. The largest absolute Gasteiger partial charge is 0.466 e. The molecule has 0 aromatic rings. The van der Waals surface area contributed by atoms with E-state index in [-0.39, 0.29) is 11.4 Å². The first kappa shape index (κ1) is 19.5. The number of esters is 1. The van der Waals surface area contributed by atoms with Gasteiger partial charge in [-0.25, -0.2) is 0 Å². The van der Waals surface area contributed by atoms with Crippen molar-refractivity contribution in [1.29, 1.82) is 0 Å². The molecule has 0 aliphatic heterocycles. The van der Waals surface area contributed by atoms with Gasteiger partial charge in [-0.05, 0) is 41.9 Å².